The summed E-state index contributed by atoms with van der Waals surface area (Å²) >= 11 is 0. The van der Waals surface area contributed by atoms with Crippen molar-refractivity contribution >= 4 is 12.0 Å². The van der Waals surface area contributed by atoms with Crippen LogP contribution in [-0.2, 0) is 16.1 Å². The number of pyridine rings is 2. The first-order valence-electron chi connectivity index (χ1n) is 12.4. The van der Waals surface area contributed by atoms with Crippen molar-refractivity contribution in [3.8, 4) is 28.6 Å². The summed E-state index contributed by atoms with van der Waals surface area (Å²) in [5.41, 5.74) is 11.8. The Bertz CT molecular complexity index is 1460. The number of piperidine rings is 1. The van der Waals surface area contributed by atoms with Crippen molar-refractivity contribution in [2.24, 2.45) is 0 Å². The molecule has 5 rings (SSSR count). The predicted molar refractivity (Wildman–Crippen MR) is 140 cm³/mol. The lowest BCUT2D eigenvalue weighted by molar-refractivity contribution is -0.191. The van der Waals surface area contributed by atoms with Crippen molar-refractivity contribution in [1.29, 1.82) is 5.26 Å². The van der Waals surface area contributed by atoms with E-state index in [4.69, 9.17) is 20.3 Å². The highest BCUT2D eigenvalue weighted by Gasteiger charge is 2.19. The second-order valence-corrected chi connectivity index (χ2v) is 9.07. The number of anilines is 1. The molecule has 1 aliphatic heterocycles. The van der Waals surface area contributed by atoms with Gasteiger partial charge in [-0.05, 0) is 69.3 Å². The van der Waals surface area contributed by atoms with Crippen molar-refractivity contribution in [2.45, 2.75) is 38.8 Å². The monoisotopic (exact) mass is 508 g/mol. The van der Waals surface area contributed by atoms with E-state index in [-0.39, 0.29) is 6.15 Å². The van der Waals surface area contributed by atoms with E-state index in [0.717, 1.165) is 35.6 Å². The van der Waals surface area contributed by atoms with Gasteiger partial charge in [-0.25, -0.2) is 9.67 Å². The fourth-order valence-corrected chi connectivity index (χ4v) is 4.58. The Morgan fingerprint density at radius 3 is 2.50 bits per heavy atom. The number of nitriles is 1. The average molecular weight is 509 g/mol. The van der Waals surface area contributed by atoms with Crippen LogP contribution in [0, 0.1) is 11.3 Å². The van der Waals surface area contributed by atoms with Gasteiger partial charge in [0.2, 0.25) is 0 Å². The molecule has 192 valence electrons. The third kappa shape index (κ3) is 6.53. The first-order chi connectivity index (χ1) is 18.5. The summed E-state index contributed by atoms with van der Waals surface area (Å²) in [4.78, 5) is 28.1. The number of hydrogen-bond acceptors (Lipinski definition) is 9. The average Bonchev–Trinajstić information content (AvgIpc) is 3.42. The number of likely N-dealkylation sites (tertiary alicyclic amines) is 1. The molecule has 0 aliphatic carbocycles. The van der Waals surface area contributed by atoms with Crippen LogP contribution < -0.4 is 5.73 Å². The Balaban J connectivity index is 0.00000107. The first kappa shape index (κ1) is 26.4. The molecule has 38 heavy (non-hydrogen) atoms. The van der Waals surface area contributed by atoms with Crippen molar-refractivity contribution in [2.75, 3.05) is 18.8 Å². The van der Waals surface area contributed by atoms with Gasteiger partial charge < -0.3 is 5.73 Å². The van der Waals surface area contributed by atoms with E-state index in [1.54, 1.807) is 22.9 Å². The maximum absolute atomic E-state index is 9.21. The topological polar surface area (TPSA) is 144 Å². The minimum atomic E-state index is 0.250. The van der Waals surface area contributed by atoms with Crippen LogP contribution in [0.25, 0.3) is 22.5 Å². The van der Waals surface area contributed by atoms with E-state index in [9.17, 15) is 5.26 Å². The fourth-order valence-electron chi connectivity index (χ4n) is 4.58. The summed E-state index contributed by atoms with van der Waals surface area (Å²) in [5, 5.41) is 17.9. The van der Waals surface area contributed by atoms with Crippen LogP contribution in [-0.4, -0.2) is 49.1 Å². The van der Waals surface area contributed by atoms with Gasteiger partial charge in [0.1, 0.15) is 11.5 Å². The number of nitrogens with zero attached hydrogens (tertiary/aromatic N) is 7. The van der Waals surface area contributed by atoms with Gasteiger partial charge in [-0.3, -0.25) is 9.88 Å². The van der Waals surface area contributed by atoms with Crippen LogP contribution in [0.15, 0.2) is 60.8 Å². The van der Waals surface area contributed by atoms with Gasteiger partial charge in [-0.2, -0.15) is 14.9 Å². The van der Waals surface area contributed by atoms with Crippen molar-refractivity contribution in [1.82, 2.24) is 29.9 Å². The molecule has 1 aromatic carbocycles. The summed E-state index contributed by atoms with van der Waals surface area (Å²) in [7, 11) is 0. The molecule has 0 spiro atoms. The molecule has 10 nitrogen and oxygen atoms in total. The molecule has 1 atom stereocenters. The highest BCUT2D eigenvalue weighted by Crippen LogP contribution is 2.27. The second-order valence-electron chi connectivity index (χ2n) is 9.07. The Labute approximate surface area is 220 Å². The van der Waals surface area contributed by atoms with E-state index < -0.39 is 0 Å². The molecule has 10 heteroatoms. The number of benzene rings is 1. The third-order valence-corrected chi connectivity index (χ3v) is 6.49. The Kier molecular flexibility index (Phi) is 8.67. The number of aromatic nitrogens is 5. The molecule has 0 radical (unpaired) electrons. The Hall–Kier alpha value is -4.71. The lowest BCUT2D eigenvalue weighted by Gasteiger charge is -2.32. The van der Waals surface area contributed by atoms with Crippen molar-refractivity contribution < 1.29 is 9.59 Å². The zero-order valence-electron chi connectivity index (χ0n) is 21.1. The molecule has 1 aliphatic rings. The molecule has 1 saturated heterocycles. The zero-order valence-corrected chi connectivity index (χ0v) is 21.1. The Morgan fingerprint density at radius 1 is 0.974 bits per heavy atom. The molecular formula is C28H28N8O2. The normalized spacial score (nSPS) is 14.0. The largest absolute Gasteiger partial charge is 0.384 e. The van der Waals surface area contributed by atoms with Gasteiger partial charge >= 0.3 is 6.15 Å². The molecule has 0 amide bonds. The van der Waals surface area contributed by atoms with Crippen LogP contribution in [0.4, 0.5) is 5.82 Å². The quantitative estimate of drug-likeness (QED) is 0.410. The number of carbonyl (C=O) groups excluding carboxylic acids is 2. The van der Waals surface area contributed by atoms with Gasteiger partial charge in [-0.1, -0.05) is 29.8 Å². The van der Waals surface area contributed by atoms with Crippen molar-refractivity contribution in [3.05, 3.63) is 77.7 Å². The molecule has 3 aromatic heterocycles. The lowest BCUT2D eigenvalue weighted by atomic mass is 10.1. The van der Waals surface area contributed by atoms with Crippen LogP contribution >= 0.6 is 0 Å². The number of rotatable bonds is 6. The van der Waals surface area contributed by atoms with Crippen molar-refractivity contribution in [3.63, 3.8) is 0 Å². The molecule has 2 N–H and O–H groups in total. The number of nitrogens with two attached hydrogens (primary N) is 1. The van der Waals surface area contributed by atoms with Gasteiger partial charge in [-0.15, -0.1) is 5.10 Å². The minimum absolute atomic E-state index is 0.250. The molecule has 1 fully saturated rings. The number of hydrogen-bond donors (Lipinski definition) is 1. The molecular weight excluding hydrogens is 480 g/mol. The SMILES string of the molecule is C[C@H](c1cccc(Cn2cc(-c3cc(N)nc(-c4cccc(C#N)c4)c3)nn2)n1)N1CCCCC1.O=C=O. The maximum Gasteiger partial charge on any atom is 0.373 e. The predicted octanol–water partition coefficient (Wildman–Crippen LogP) is 3.87. The lowest BCUT2D eigenvalue weighted by Crippen LogP contribution is -2.32. The molecule has 0 unspecified atom stereocenters. The fraction of sp³-hybridized carbons (Fsp3) is 0.286. The smallest absolute Gasteiger partial charge is 0.373 e. The summed E-state index contributed by atoms with van der Waals surface area (Å²) in [6.07, 6.45) is 5.99. The Morgan fingerprint density at radius 2 is 1.74 bits per heavy atom. The van der Waals surface area contributed by atoms with E-state index in [1.807, 2.05) is 30.5 Å². The highest BCUT2D eigenvalue weighted by atomic mass is 16.2. The number of nitrogen functional groups attached to an aromatic ring is 1. The molecule has 0 saturated carbocycles. The molecule has 4 aromatic rings. The van der Waals surface area contributed by atoms with E-state index in [0.29, 0.717) is 35.4 Å². The standard InChI is InChI=1S/C27H28N8.CO2/c1-19(34-11-3-2-4-12-34)24-10-6-9-23(30-24)17-35-18-26(32-33-35)22-14-25(31-27(29)15-22)21-8-5-7-20(13-21)16-28;2-1-3/h5-10,13-15,18-19H,2-4,11-12,17H2,1H3,(H2,29,31);/t19-;/m1./s1. The van der Waals surface area contributed by atoms with Gasteiger partial charge in [0.15, 0.2) is 0 Å². The summed E-state index contributed by atoms with van der Waals surface area (Å²) in [5.74, 6) is 0.385. The van der Waals surface area contributed by atoms with Crippen LogP contribution in [0.1, 0.15) is 49.2 Å². The zero-order chi connectivity index (χ0) is 26.9. The van der Waals surface area contributed by atoms with Crippen LogP contribution in [0.5, 0.6) is 0 Å². The molecule has 4 heterocycles. The van der Waals surface area contributed by atoms with Crippen LogP contribution in [0.3, 0.4) is 0 Å². The van der Waals surface area contributed by atoms with Gasteiger partial charge in [0, 0.05) is 17.2 Å². The van der Waals surface area contributed by atoms with Gasteiger partial charge in [0.25, 0.3) is 0 Å². The summed E-state index contributed by atoms with van der Waals surface area (Å²) < 4.78 is 1.79. The molecule has 0 bridgehead atoms. The maximum atomic E-state index is 9.21. The van der Waals surface area contributed by atoms with E-state index in [1.165, 1.54) is 19.3 Å². The van der Waals surface area contributed by atoms with Crippen LogP contribution in [0.2, 0.25) is 0 Å². The summed E-state index contributed by atoms with van der Waals surface area (Å²) in [6.45, 7) is 5.04. The van der Waals surface area contributed by atoms with Gasteiger partial charge in [0.05, 0.1) is 41.5 Å². The third-order valence-electron chi connectivity index (χ3n) is 6.49. The summed E-state index contributed by atoms with van der Waals surface area (Å²) in [6, 6.07) is 19.7. The first-order valence-corrected chi connectivity index (χ1v) is 12.4. The van der Waals surface area contributed by atoms with E-state index in [2.05, 4.69) is 45.3 Å². The highest BCUT2D eigenvalue weighted by molar-refractivity contribution is 5.71. The second kappa shape index (κ2) is 12.5. The minimum Gasteiger partial charge on any atom is -0.384 e. The van der Waals surface area contributed by atoms with E-state index >= 15 is 0 Å².